The van der Waals surface area contributed by atoms with Gasteiger partial charge in [-0.05, 0) is 17.7 Å². The molecular formula is C11H8Cl3NS. The number of halogens is 3. The third-order valence-corrected chi connectivity index (χ3v) is 3.85. The van der Waals surface area contributed by atoms with Crippen molar-refractivity contribution in [2.75, 3.05) is 0 Å². The lowest BCUT2D eigenvalue weighted by atomic mass is 10.1. The van der Waals surface area contributed by atoms with E-state index in [0.717, 1.165) is 22.7 Å². The molecule has 16 heavy (non-hydrogen) atoms. The number of hydrogen-bond donors (Lipinski definition) is 0. The molecule has 1 aromatic heterocycles. The van der Waals surface area contributed by atoms with E-state index >= 15 is 0 Å². The minimum absolute atomic E-state index is 0.449. The van der Waals surface area contributed by atoms with Crippen LogP contribution in [0.4, 0.5) is 0 Å². The highest BCUT2D eigenvalue weighted by molar-refractivity contribution is 7.09. The standard InChI is InChI=1S/C11H8Cl3NS/c12-5-9-6-16-11(15-9)3-7-1-2-8(13)4-10(7)14/h1-2,4,6H,3,5H2. The minimum Gasteiger partial charge on any atom is -0.245 e. The molecule has 0 atom stereocenters. The van der Waals surface area contributed by atoms with Gasteiger partial charge in [0.1, 0.15) is 0 Å². The Bertz CT molecular complexity index is 496. The monoisotopic (exact) mass is 291 g/mol. The van der Waals surface area contributed by atoms with Crippen LogP contribution in [0.15, 0.2) is 23.6 Å². The molecule has 0 aliphatic rings. The number of thiazole rings is 1. The molecular weight excluding hydrogens is 285 g/mol. The molecule has 0 spiro atoms. The van der Waals surface area contributed by atoms with Crippen molar-refractivity contribution in [1.82, 2.24) is 4.98 Å². The average molecular weight is 293 g/mol. The van der Waals surface area contributed by atoms with E-state index in [1.165, 1.54) is 0 Å². The van der Waals surface area contributed by atoms with Gasteiger partial charge in [-0.25, -0.2) is 4.98 Å². The van der Waals surface area contributed by atoms with Crippen LogP contribution in [-0.2, 0) is 12.3 Å². The maximum Gasteiger partial charge on any atom is 0.0973 e. The fraction of sp³-hybridized carbons (Fsp3) is 0.182. The van der Waals surface area contributed by atoms with Crippen molar-refractivity contribution < 1.29 is 0 Å². The number of nitrogens with zero attached hydrogens (tertiary/aromatic N) is 1. The van der Waals surface area contributed by atoms with Gasteiger partial charge in [-0.2, -0.15) is 0 Å². The van der Waals surface area contributed by atoms with Crippen molar-refractivity contribution in [3.63, 3.8) is 0 Å². The Kier molecular flexibility index (Phi) is 4.09. The van der Waals surface area contributed by atoms with E-state index < -0.39 is 0 Å². The van der Waals surface area contributed by atoms with Gasteiger partial charge in [0.15, 0.2) is 0 Å². The SMILES string of the molecule is ClCc1csc(Cc2ccc(Cl)cc2Cl)n1. The van der Waals surface area contributed by atoms with Crippen LogP contribution >= 0.6 is 46.1 Å². The van der Waals surface area contributed by atoms with Gasteiger partial charge in [-0.3, -0.25) is 0 Å². The molecule has 0 fully saturated rings. The second-order valence-electron chi connectivity index (χ2n) is 3.28. The third kappa shape index (κ3) is 2.89. The van der Waals surface area contributed by atoms with E-state index in [2.05, 4.69) is 4.98 Å². The molecule has 0 N–H and O–H groups in total. The summed E-state index contributed by atoms with van der Waals surface area (Å²) < 4.78 is 0. The lowest BCUT2D eigenvalue weighted by Crippen LogP contribution is -1.89. The first-order chi connectivity index (χ1) is 7.69. The quantitative estimate of drug-likeness (QED) is 0.742. The van der Waals surface area contributed by atoms with Crippen LogP contribution in [0, 0.1) is 0 Å². The summed E-state index contributed by atoms with van der Waals surface area (Å²) in [5, 5.41) is 4.30. The Hall–Kier alpha value is -0.280. The summed E-state index contributed by atoms with van der Waals surface area (Å²) in [6.45, 7) is 0. The van der Waals surface area contributed by atoms with Crippen molar-refractivity contribution in [3.8, 4) is 0 Å². The zero-order valence-electron chi connectivity index (χ0n) is 8.21. The molecule has 0 saturated carbocycles. The predicted octanol–water partition coefficient (Wildman–Crippen LogP) is 4.78. The number of hydrogen-bond acceptors (Lipinski definition) is 2. The summed E-state index contributed by atoms with van der Waals surface area (Å²) in [4.78, 5) is 4.38. The molecule has 0 aliphatic carbocycles. The topological polar surface area (TPSA) is 12.9 Å². The number of benzene rings is 1. The minimum atomic E-state index is 0.449. The fourth-order valence-corrected chi connectivity index (χ4v) is 2.84. The van der Waals surface area contributed by atoms with Gasteiger partial charge in [0.05, 0.1) is 16.6 Å². The molecule has 0 amide bonds. The Morgan fingerprint density at radius 1 is 1.25 bits per heavy atom. The molecule has 1 aromatic carbocycles. The summed E-state index contributed by atoms with van der Waals surface area (Å²) >= 11 is 19.2. The zero-order valence-corrected chi connectivity index (χ0v) is 11.3. The largest absolute Gasteiger partial charge is 0.245 e. The van der Waals surface area contributed by atoms with Gasteiger partial charge in [0, 0.05) is 21.8 Å². The molecule has 1 nitrogen and oxygen atoms in total. The summed E-state index contributed by atoms with van der Waals surface area (Å²) in [5.74, 6) is 0.449. The summed E-state index contributed by atoms with van der Waals surface area (Å²) in [6, 6.07) is 5.50. The highest BCUT2D eigenvalue weighted by Gasteiger charge is 2.06. The van der Waals surface area contributed by atoms with Crippen LogP contribution in [0.5, 0.6) is 0 Å². The van der Waals surface area contributed by atoms with Crippen molar-refractivity contribution in [2.45, 2.75) is 12.3 Å². The van der Waals surface area contributed by atoms with Crippen LogP contribution in [0.25, 0.3) is 0 Å². The highest BCUT2D eigenvalue weighted by Crippen LogP contribution is 2.24. The fourth-order valence-electron chi connectivity index (χ4n) is 1.32. The summed E-state index contributed by atoms with van der Waals surface area (Å²) in [7, 11) is 0. The third-order valence-electron chi connectivity index (χ3n) is 2.09. The molecule has 1 heterocycles. The van der Waals surface area contributed by atoms with E-state index in [0.29, 0.717) is 15.9 Å². The van der Waals surface area contributed by atoms with Crippen LogP contribution in [0.1, 0.15) is 16.3 Å². The number of rotatable bonds is 3. The van der Waals surface area contributed by atoms with Gasteiger partial charge >= 0.3 is 0 Å². The second kappa shape index (κ2) is 5.37. The molecule has 0 saturated heterocycles. The smallest absolute Gasteiger partial charge is 0.0973 e. The van der Waals surface area contributed by atoms with E-state index in [1.807, 2.05) is 17.5 Å². The molecule has 2 aromatic rings. The zero-order chi connectivity index (χ0) is 11.5. The van der Waals surface area contributed by atoms with Crippen LogP contribution in [0.2, 0.25) is 10.0 Å². The van der Waals surface area contributed by atoms with Crippen LogP contribution in [-0.4, -0.2) is 4.98 Å². The summed E-state index contributed by atoms with van der Waals surface area (Å²) in [6.07, 6.45) is 0.720. The van der Waals surface area contributed by atoms with Crippen molar-refractivity contribution in [3.05, 3.63) is 49.9 Å². The normalized spacial score (nSPS) is 10.7. The molecule has 84 valence electrons. The first-order valence-corrected chi connectivity index (χ1v) is 6.79. The van der Waals surface area contributed by atoms with Gasteiger partial charge in [0.25, 0.3) is 0 Å². The van der Waals surface area contributed by atoms with Crippen LogP contribution < -0.4 is 0 Å². The lowest BCUT2D eigenvalue weighted by molar-refractivity contribution is 1.09. The molecule has 0 unspecified atom stereocenters. The van der Waals surface area contributed by atoms with E-state index in [1.54, 1.807) is 17.4 Å². The van der Waals surface area contributed by atoms with Gasteiger partial charge in [-0.1, -0.05) is 29.3 Å². The van der Waals surface area contributed by atoms with E-state index in [4.69, 9.17) is 34.8 Å². The summed E-state index contributed by atoms with van der Waals surface area (Å²) in [5.41, 5.74) is 1.94. The molecule has 0 radical (unpaired) electrons. The molecule has 5 heteroatoms. The Labute approximate surface area is 113 Å². The Morgan fingerprint density at radius 3 is 2.69 bits per heavy atom. The molecule has 0 aliphatic heterocycles. The number of aromatic nitrogens is 1. The van der Waals surface area contributed by atoms with Gasteiger partial charge < -0.3 is 0 Å². The van der Waals surface area contributed by atoms with Gasteiger partial charge in [-0.15, -0.1) is 22.9 Å². The first kappa shape index (κ1) is 12.2. The van der Waals surface area contributed by atoms with Crippen LogP contribution in [0.3, 0.4) is 0 Å². The maximum absolute atomic E-state index is 6.09. The highest BCUT2D eigenvalue weighted by atomic mass is 35.5. The average Bonchev–Trinajstić information content (AvgIpc) is 2.70. The molecule has 0 bridgehead atoms. The number of alkyl halides is 1. The van der Waals surface area contributed by atoms with E-state index in [9.17, 15) is 0 Å². The van der Waals surface area contributed by atoms with Gasteiger partial charge in [0.2, 0.25) is 0 Å². The van der Waals surface area contributed by atoms with Crippen molar-refractivity contribution >= 4 is 46.1 Å². The lowest BCUT2D eigenvalue weighted by Gasteiger charge is -2.01. The maximum atomic E-state index is 6.09. The van der Waals surface area contributed by atoms with E-state index in [-0.39, 0.29) is 0 Å². The Morgan fingerprint density at radius 2 is 2.06 bits per heavy atom. The molecule has 2 rings (SSSR count). The van der Waals surface area contributed by atoms with Crippen molar-refractivity contribution in [2.24, 2.45) is 0 Å². The van der Waals surface area contributed by atoms with Crippen molar-refractivity contribution in [1.29, 1.82) is 0 Å². The first-order valence-electron chi connectivity index (χ1n) is 4.62. The Balaban J connectivity index is 2.20. The second-order valence-corrected chi connectivity index (χ2v) is 5.33. The predicted molar refractivity (Wildman–Crippen MR) is 70.9 cm³/mol.